The number of nitrogens with one attached hydrogen (secondary N) is 1. The van der Waals surface area contributed by atoms with Gasteiger partial charge in [0.2, 0.25) is 11.8 Å². The van der Waals surface area contributed by atoms with Crippen molar-refractivity contribution in [3.05, 3.63) is 35.9 Å². The summed E-state index contributed by atoms with van der Waals surface area (Å²) < 4.78 is 0. The predicted molar refractivity (Wildman–Crippen MR) is 97.5 cm³/mol. The standard InChI is InChI=1S/C20H29N3O2/c1-23(13-14-6-3-2-4-7-14)18(24)12-22-20(25)17-10-15-8-5-9-16(11-17)19(15)21/h2-4,6-7,15-17,19H,5,8-13,21H2,1H3,(H,22,25). The van der Waals surface area contributed by atoms with E-state index >= 15 is 0 Å². The number of carbonyl (C=O) groups excluding carboxylic acids is 2. The molecule has 2 atom stereocenters. The number of nitrogens with two attached hydrogens (primary N) is 1. The third-order valence-corrected chi connectivity index (χ3v) is 5.89. The van der Waals surface area contributed by atoms with Crippen LogP contribution in [0.3, 0.4) is 0 Å². The van der Waals surface area contributed by atoms with Crippen LogP contribution in [0.5, 0.6) is 0 Å². The first-order valence-corrected chi connectivity index (χ1v) is 9.35. The molecule has 0 spiro atoms. The molecule has 3 N–H and O–H groups in total. The van der Waals surface area contributed by atoms with Crippen LogP contribution in [0.25, 0.3) is 0 Å². The number of hydrogen-bond donors (Lipinski definition) is 2. The van der Waals surface area contributed by atoms with Crippen molar-refractivity contribution >= 4 is 11.8 Å². The smallest absolute Gasteiger partial charge is 0.242 e. The summed E-state index contributed by atoms with van der Waals surface area (Å²) in [6.45, 7) is 0.623. The summed E-state index contributed by atoms with van der Waals surface area (Å²) in [5.41, 5.74) is 7.37. The lowest BCUT2D eigenvalue weighted by molar-refractivity contribution is -0.134. The van der Waals surface area contributed by atoms with Crippen LogP contribution in [0.15, 0.2) is 30.3 Å². The van der Waals surface area contributed by atoms with Crippen molar-refractivity contribution in [2.45, 2.75) is 44.7 Å². The van der Waals surface area contributed by atoms with E-state index in [1.807, 2.05) is 30.3 Å². The Balaban J connectivity index is 1.46. The molecule has 2 aliphatic rings. The van der Waals surface area contributed by atoms with Gasteiger partial charge in [-0.05, 0) is 43.1 Å². The number of carbonyl (C=O) groups is 2. The van der Waals surface area contributed by atoms with Crippen LogP contribution in [-0.2, 0) is 16.1 Å². The van der Waals surface area contributed by atoms with E-state index in [9.17, 15) is 9.59 Å². The van der Waals surface area contributed by atoms with Crippen LogP contribution >= 0.6 is 0 Å². The average molecular weight is 343 g/mol. The molecule has 0 saturated heterocycles. The van der Waals surface area contributed by atoms with E-state index < -0.39 is 0 Å². The maximum absolute atomic E-state index is 12.5. The molecule has 3 rings (SSSR count). The maximum Gasteiger partial charge on any atom is 0.242 e. The molecular formula is C20H29N3O2. The lowest BCUT2D eigenvalue weighted by Crippen LogP contribution is -2.49. The molecule has 2 fully saturated rings. The molecular weight excluding hydrogens is 314 g/mol. The molecule has 2 unspecified atom stereocenters. The summed E-state index contributed by atoms with van der Waals surface area (Å²) in [7, 11) is 1.77. The van der Waals surface area contributed by atoms with Gasteiger partial charge in [0.05, 0.1) is 6.54 Å². The zero-order valence-electron chi connectivity index (χ0n) is 15.0. The minimum absolute atomic E-state index is 0.0160. The predicted octanol–water partition coefficient (Wildman–Crippen LogP) is 1.91. The highest BCUT2D eigenvalue weighted by Gasteiger charge is 2.40. The quantitative estimate of drug-likeness (QED) is 0.857. The van der Waals surface area contributed by atoms with E-state index in [-0.39, 0.29) is 30.3 Å². The Hall–Kier alpha value is -1.88. The van der Waals surface area contributed by atoms with E-state index in [4.69, 9.17) is 5.73 Å². The second-order valence-corrected chi connectivity index (χ2v) is 7.65. The minimum Gasteiger partial charge on any atom is -0.347 e. The van der Waals surface area contributed by atoms with Crippen molar-refractivity contribution in [1.29, 1.82) is 0 Å². The zero-order valence-corrected chi connectivity index (χ0v) is 15.0. The zero-order chi connectivity index (χ0) is 17.8. The van der Waals surface area contributed by atoms with Crippen LogP contribution in [0.4, 0.5) is 0 Å². The summed E-state index contributed by atoms with van der Waals surface area (Å²) in [6, 6.07) is 10.1. The fraction of sp³-hybridized carbons (Fsp3) is 0.600. The fourth-order valence-electron chi connectivity index (χ4n) is 4.39. The largest absolute Gasteiger partial charge is 0.347 e. The van der Waals surface area contributed by atoms with Gasteiger partial charge in [-0.3, -0.25) is 9.59 Å². The van der Waals surface area contributed by atoms with Gasteiger partial charge in [-0.25, -0.2) is 0 Å². The van der Waals surface area contributed by atoms with Crippen LogP contribution in [-0.4, -0.2) is 36.3 Å². The molecule has 2 bridgehead atoms. The molecule has 1 aromatic carbocycles. The Bertz CT molecular complexity index is 590. The summed E-state index contributed by atoms with van der Waals surface area (Å²) in [5.74, 6) is 0.914. The number of likely N-dealkylation sites (N-methyl/N-ethyl adjacent to an activating group) is 1. The van der Waals surface area contributed by atoms with E-state index in [1.54, 1.807) is 11.9 Å². The van der Waals surface area contributed by atoms with E-state index in [2.05, 4.69) is 5.32 Å². The Labute approximate surface area is 150 Å². The average Bonchev–Trinajstić information content (AvgIpc) is 2.60. The summed E-state index contributed by atoms with van der Waals surface area (Å²) in [5, 5.41) is 2.85. The summed E-state index contributed by atoms with van der Waals surface area (Å²) in [6.07, 6.45) is 5.26. The molecule has 5 nitrogen and oxygen atoms in total. The fourth-order valence-corrected chi connectivity index (χ4v) is 4.39. The second kappa shape index (κ2) is 8.00. The van der Waals surface area contributed by atoms with Crippen molar-refractivity contribution in [1.82, 2.24) is 10.2 Å². The van der Waals surface area contributed by atoms with Crippen molar-refractivity contribution in [2.75, 3.05) is 13.6 Å². The Morgan fingerprint density at radius 2 is 1.80 bits per heavy atom. The second-order valence-electron chi connectivity index (χ2n) is 7.65. The molecule has 1 aromatic rings. The van der Waals surface area contributed by atoms with Crippen molar-refractivity contribution < 1.29 is 9.59 Å². The van der Waals surface area contributed by atoms with Gasteiger partial charge in [0.15, 0.2) is 0 Å². The van der Waals surface area contributed by atoms with Crippen LogP contribution in [0, 0.1) is 17.8 Å². The summed E-state index contributed by atoms with van der Waals surface area (Å²) >= 11 is 0. The van der Waals surface area contributed by atoms with Gasteiger partial charge in [0.1, 0.15) is 0 Å². The number of amides is 2. The highest BCUT2D eigenvalue weighted by atomic mass is 16.2. The maximum atomic E-state index is 12.5. The number of nitrogens with zero attached hydrogens (tertiary/aromatic N) is 1. The lowest BCUT2D eigenvalue weighted by Gasteiger charge is -2.43. The molecule has 2 amide bonds. The Kier molecular flexibility index (Phi) is 5.74. The van der Waals surface area contributed by atoms with Gasteiger partial charge in [-0.1, -0.05) is 36.8 Å². The van der Waals surface area contributed by atoms with Crippen LogP contribution < -0.4 is 11.1 Å². The van der Waals surface area contributed by atoms with E-state index in [0.29, 0.717) is 18.4 Å². The summed E-state index contributed by atoms with van der Waals surface area (Å²) in [4.78, 5) is 26.4. The van der Waals surface area contributed by atoms with Crippen molar-refractivity contribution in [3.63, 3.8) is 0 Å². The minimum atomic E-state index is -0.0649. The third-order valence-electron chi connectivity index (χ3n) is 5.89. The van der Waals surface area contributed by atoms with Gasteiger partial charge >= 0.3 is 0 Å². The van der Waals surface area contributed by atoms with Gasteiger partial charge in [0, 0.05) is 25.6 Å². The number of benzene rings is 1. The molecule has 5 heteroatoms. The first kappa shape index (κ1) is 17.9. The molecule has 25 heavy (non-hydrogen) atoms. The highest BCUT2D eigenvalue weighted by Crippen LogP contribution is 2.41. The first-order valence-electron chi connectivity index (χ1n) is 9.35. The molecule has 2 aliphatic carbocycles. The van der Waals surface area contributed by atoms with Crippen LogP contribution in [0.1, 0.15) is 37.7 Å². The van der Waals surface area contributed by atoms with Crippen LogP contribution in [0.2, 0.25) is 0 Å². The molecule has 0 heterocycles. The first-order chi connectivity index (χ1) is 12.0. The monoisotopic (exact) mass is 343 g/mol. The number of rotatable bonds is 5. The van der Waals surface area contributed by atoms with Crippen molar-refractivity contribution in [2.24, 2.45) is 23.5 Å². The molecule has 2 saturated carbocycles. The van der Waals surface area contributed by atoms with Crippen molar-refractivity contribution in [3.8, 4) is 0 Å². The van der Waals surface area contributed by atoms with E-state index in [0.717, 1.165) is 31.2 Å². The molecule has 0 aliphatic heterocycles. The van der Waals surface area contributed by atoms with Gasteiger partial charge in [-0.2, -0.15) is 0 Å². The molecule has 0 radical (unpaired) electrons. The molecule has 0 aromatic heterocycles. The third kappa shape index (κ3) is 4.40. The van der Waals surface area contributed by atoms with Gasteiger partial charge < -0.3 is 16.0 Å². The molecule has 136 valence electrons. The SMILES string of the molecule is CN(Cc1ccccc1)C(=O)CNC(=O)C1CC2CCCC(C1)C2N. The Morgan fingerprint density at radius 3 is 2.44 bits per heavy atom. The topological polar surface area (TPSA) is 75.4 Å². The van der Waals surface area contributed by atoms with E-state index in [1.165, 1.54) is 6.42 Å². The van der Waals surface area contributed by atoms with Gasteiger partial charge in [-0.15, -0.1) is 0 Å². The number of hydrogen-bond acceptors (Lipinski definition) is 3. The van der Waals surface area contributed by atoms with Gasteiger partial charge in [0.25, 0.3) is 0 Å². The normalized spacial score (nSPS) is 28.2. The number of fused-ring (bicyclic) bond motifs is 2. The Morgan fingerprint density at radius 1 is 1.16 bits per heavy atom. The lowest BCUT2D eigenvalue weighted by atomic mass is 9.65. The highest BCUT2D eigenvalue weighted by molar-refractivity contribution is 5.85.